The Labute approximate surface area is 330 Å². The van der Waals surface area contributed by atoms with Crippen LogP contribution in [0.5, 0.6) is 0 Å². The highest BCUT2D eigenvalue weighted by Gasteiger charge is 2.07. The Morgan fingerprint density at radius 3 is 0.925 bits per heavy atom. The molecule has 0 aliphatic carbocycles. The molecular weight excluding hydrogens is 641 g/mol. The van der Waals surface area contributed by atoms with Gasteiger partial charge in [0.05, 0.1) is 11.6 Å². The molecule has 0 spiro atoms. The van der Waals surface area contributed by atoms with Crippen molar-refractivity contribution in [1.29, 1.82) is 5.26 Å². The van der Waals surface area contributed by atoms with Gasteiger partial charge in [-0.15, -0.1) is 0 Å². The SMILES string of the molecule is CCCCCCCCCCCCCCCCCCN(CCCCCCCCCCCCCCCCCC)c1ccc(C=Cc2ccc(C#N)cc2)cc1. The maximum Gasteiger partial charge on any atom is 0.0991 e. The Bertz CT molecular complexity index is 1090. The van der Waals surface area contributed by atoms with Crippen LogP contribution in [-0.4, -0.2) is 13.1 Å². The van der Waals surface area contributed by atoms with Gasteiger partial charge in [-0.25, -0.2) is 0 Å². The largest absolute Gasteiger partial charge is 0.372 e. The zero-order valence-corrected chi connectivity index (χ0v) is 35.2. The van der Waals surface area contributed by atoms with Crippen LogP contribution in [-0.2, 0) is 0 Å². The van der Waals surface area contributed by atoms with Crippen molar-refractivity contribution in [3.63, 3.8) is 0 Å². The lowest BCUT2D eigenvalue weighted by atomic mass is 10.0. The first-order valence-corrected chi connectivity index (χ1v) is 23.3. The summed E-state index contributed by atoms with van der Waals surface area (Å²) in [4.78, 5) is 2.67. The van der Waals surface area contributed by atoms with Crippen LogP contribution in [0.3, 0.4) is 0 Å². The van der Waals surface area contributed by atoms with Crippen LogP contribution in [0.1, 0.15) is 236 Å². The van der Waals surface area contributed by atoms with E-state index in [0.29, 0.717) is 5.56 Å². The van der Waals surface area contributed by atoms with Crippen molar-refractivity contribution in [1.82, 2.24) is 0 Å². The van der Waals surface area contributed by atoms with E-state index in [0.717, 1.165) is 5.56 Å². The summed E-state index contributed by atoms with van der Waals surface area (Å²) in [5, 5.41) is 9.07. The van der Waals surface area contributed by atoms with Crippen LogP contribution in [0, 0.1) is 11.3 Å². The lowest BCUT2D eigenvalue weighted by Crippen LogP contribution is -2.25. The van der Waals surface area contributed by atoms with E-state index < -0.39 is 0 Å². The van der Waals surface area contributed by atoms with Crippen LogP contribution in [0.15, 0.2) is 48.5 Å². The van der Waals surface area contributed by atoms with Crippen molar-refractivity contribution in [2.75, 3.05) is 18.0 Å². The Kier molecular flexibility index (Phi) is 31.0. The molecule has 0 N–H and O–H groups in total. The molecular formula is C51H84N2. The van der Waals surface area contributed by atoms with Gasteiger partial charge in [0, 0.05) is 18.8 Å². The molecule has 2 nitrogen and oxygen atoms in total. The van der Waals surface area contributed by atoms with E-state index in [4.69, 9.17) is 5.26 Å². The first-order valence-electron chi connectivity index (χ1n) is 23.3. The van der Waals surface area contributed by atoms with Crippen molar-refractivity contribution in [2.24, 2.45) is 0 Å². The normalized spacial score (nSPS) is 11.4. The van der Waals surface area contributed by atoms with E-state index in [9.17, 15) is 0 Å². The van der Waals surface area contributed by atoms with Crippen molar-refractivity contribution in [3.05, 3.63) is 65.2 Å². The molecule has 2 rings (SSSR count). The predicted octanol–water partition coefficient (Wildman–Crippen LogP) is 17.1. The molecule has 0 aromatic heterocycles. The van der Waals surface area contributed by atoms with E-state index in [-0.39, 0.29) is 0 Å². The van der Waals surface area contributed by atoms with Gasteiger partial charge in [-0.1, -0.05) is 243 Å². The molecule has 2 aromatic carbocycles. The smallest absolute Gasteiger partial charge is 0.0991 e. The van der Waals surface area contributed by atoms with Gasteiger partial charge in [0.15, 0.2) is 0 Å². The fourth-order valence-corrected chi connectivity index (χ4v) is 7.73. The van der Waals surface area contributed by atoms with E-state index in [1.807, 2.05) is 24.3 Å². The topological polar surface area (TPSA) is 27.0 Å². The van der Waals surface area contributed by atoms with Crippen molar-refractivity contribution >= 4 is 17.8 Å². The van der Waals surface area contributed by atoms with Gasteiger partial charge in [0.25, 0.3) is 0 Å². The summed E-state index contributed by atoms with van der Waals surface area (Å²) in [6, 6.07) is 19.2. The minimum absolute atomic E-state index is 0.709. The molecule has 53 heavy (non-hydrogen) atoms. The number of benzene rings is 2. The van der Waals surface area contributed by atoms with Gasteiger partial charge in [0.1, 0.15) is 0 Å². The van der Waals surface area contributed by atoms with E-state index in [1.165, 1.54) is 230 Å². The average molecular weight is 725 g/mol. The van der Waals surface area contributed by atoms with Crippen molar-refractivity contribution in [3.8, 4) is 6.07 Å². The monoisotopic (exact) mass is 725 g/mol. The maximum absolute atomic E-state index is 9.07. The molecule has 2 heteroatoms. The predicted molar refractivity (Wildman–Crippen MR) is 238 cm³/mol. The molecule has 0 heterocycles. The number of anilines is 1. The molecule has 0 aliphatic heterocycles. The number of hydrogen-bond donors (Lipinski definition) is 0. The van der Waals surface area contributed by atoms with Crippen LogP contribution in [0.4, 0.5) is 5.69 Å². The minimum atomic E-state index is 0.709. The molecule has 0 saturated carbocycles. The molecule has 0 fully saturated rings. The average Bonchev–Trinajstić information content (AvgIpc) is 3.19. The van der Waals surface area contributed by atoms with Gasteiger partial charge in [-0.2, -0.15) is 5.26 Å². The van der Waals surface area contributed by atoms with Crippen LogP contribution < -0.4 is 4.90 Å². The van der Waals surface area contributed by atoms with Crippen LogP contribution >= 0.6 is 0 Å². The maximum atomic E-state index is 9.07. The van der Waals surface area contributed by atoms with Crippen molar-refractivity contribution in [2.45, 2.75) is 219 Å². The Balaban J connectivity index is 1.63. The molecule has 0 bridgehead atoms. The van der Waals surface area contributed by atoms with Gasteiger partial charge in [0.2, 0.25) is 0 Å². The first-order chi connectivity index (χ1) is 26.3. The van der Waals surface area contributed by atoms with E-state index in [2.05, 4.69) is 61.2 Å². The summed E-state index contributed by atoms with van der Waals surface area (Å²) in [7, 11) is 0. The quantitative estimate of drug-likeness (QED) is 0.0512. The highest BCUT2D eigenvalue weighted by molar-refractivity contribution is 5.70. The van der Waals surface area contributed by atoms with Gasteiger partial charge in [-0.3, -0.25) is 0 Å². The molecule has 0 saturated heterocycles. The van der Waals surface area contributed by atoms with Gasteiger partial charge < -0.3 is 4.90 Å². The minimum Gasteiger partial charge on any atom is -0.372 e. The second-order valence-corrected chi connectivity index (χ2v) is 16.3. The molecule has 298 valence electrons. The number of nitrogens with zero attached hydrogens (tertiary/aromatic N) is 2. The summed E-state index contributed by atoms with van der Waals surface area (Å²) in [5.74, 6) is 0. The summed E-state index contributed by atoms with van der Waals surface area (Å²) < 4.78 is 0. The van der Waals surface area contributed by atoms with Gasteiger partial charge >= 0.3 is 0 Å². The second kappa shape index (κ2) is 35.2. The summed E-state index contributed by atoms with van der Waals surface area (Å²) >= 11 is 0. The first kappa shape index (κ1) is 46.6. The second-order valence-electron chi connectivity index (χ2n) is 16.3. The Morgan fingerprint density at radius 1 is 0.377 bits per heavy atom. The summed E-state index contributed by atoms with van der Waals surface area (Å²) in [6.07, 6.45) is 49.8. The van der Waals surface area contributed by atoms with E-state index in [1.54, 1.807) is 0 Å². The van der Waals surface area contributed by atoms with Crippen molar-refractivity contribution < 1.29 is 0 Å². The standard InChI is InChI=1S/C51H84N2/c1-3-5-7-9-11-13-15-17-19-21-23-25-27-29-31-33-45-53(46-34-32-30-28-26-24-22-20-18-16-14-12-10-8-6-4-2)51-43-41-49(42-44-51)36-35-48-37-39-50(47-52)40-38-48/h35-44H,3-34,45-46H2,1-2H3. The Hall–Kier alpha value is -2.53. The summed E-state index contributed by atoms with van der Waals surface area (Å²) in [6.45, 7) is 6.97. The van der Waals surface area contributed by atoms with Crippen LogP contribution in [0.2, 0.25) is 0 Å². The lowest BCUT2D eigenvalue weighted by Gasteiger charge is -2.25. The highest BCUT2D eigenvalue weighted by atomic mass is 15.1. The summed E-state index contributed by atoms with van der Waals surface area (Å²) in [5.41, 5.74) is 4.44. The van der Waals surface area contributed by atoms with Crippen LogP contribution in [0.25, 0.3) is 12.2 Å². The fraction of sp³-hybridized carbons (Fsp3) is 0.706. The number of hydrogen-bond acceptors (Lipinski definition) is 2. The molecule has 0 atom stereocenters. The zero-order valence-electron chi connectivity index (χ0n) is 35.2. The van der Waals surface area contributed by atoms with E-state index >= 15 is 0 Å². The Morgan fingerprint density at radius 2 is 0.642 bits per heavy atom. The zero-order chi connectivity index (χ0) is 37.7. The third kappa shape index (κ3) is 26.8. The number of nitriles is 1. The molecule has 0 unspecified atom stereocenters. The highest BCUT2D eigenvalue weighted by Crippen LogP contribution is 2.21. The number of rotatable bonds is 37. The molecule has 0 radical (unpaired) electrons. The molecule has 0 amide bonds. The van der Waals surface area contributed by atoms with Gasteiger partial charge in [-0.05, 0) is 48.2 Å². The molecule has 0 aliphatic rings. The third-order valence-electron chi connectivity index (χ3n) is 11.3. The molecule has 2 aromatic rings. The third-order valence-corrected chi connectivity index (χ3v) is 11.3. The lowest BCUT2D eigenvalue weighted by molar-refractivity contribution is 0.524. The number of unbranched alkanes of at least 4 members (excludes halogenated alkanes) is 30. The fourth-order valence-electron chi connectivity index (χ4n) is 7.73.